The molecule has 1 aromatic carbocycles. The molecule has 23 heavy (non-hydrogen) atoms. The zero-order chi connectivity index (χ0) is 16.1. The molecule has 0 bridgehead atoms. The molecule has 1 aromatic heterocycles. The van der Waals surface area contributed by atoms with Crippen LogP contribution in [0.2, 0.25) is 0 Å². The lowest BCUT2D eigenvalue weighted by Crippen LogP contribution is -2.30. The number of carbonyl (C=O) groups excluding carboxylic acids is 1. The van der Waals surface area contributed by atoms with E-state index in [4.69, 9.17) is 4.74 Å². The van der Waals surface area contributed by atoms with Crippen LogP contribution >= 0.6 is 0 Å². The minimum Gasteiger partial charge on any atom is -0.497 e. The third kappa shape index (κ3) is 3.80. The van der Waals surface area contributed by atoms with Gasteiger partial charge in [-0.3, -0.25) is 4.79 Å². The molecule has 0 aliphatic carbocycles. The van der Waals surface area contributed by atoms with E-state index in [-0.39, 0.29) is 5.91 Å². The molecule has 2 heterocycles. The number of ether oxygens (including phenoxy) is 1. The van der Waals surface area contributed by atoms with Gasteiger partial charge in [0.1, 0.15) is 11.6 Å². The summed E-state index contributed by atoms with van der Waals surface area (Å²) in [7, 11) is 1.60. The van der Waals surface area contributed by atoms with Crippen LogP contribution in [-0.2, 0) is 0 Å². The van der Waals surface area contributed by atoms with Crippen LogP contribution in [0.1, 0.15) is 29.6 Å². The topological polar surface area (TPSA) is 54.5 Å². The van der Waals surface area contributed by atoms with Crippen LogP contribution in [0.25, 0.3) is 0 Å². The molecule has 1 aliphatic heterocycles. The average Bonchev–Trinajstić information content (AvgIpc) is 2.63. The molecule has 1 amide bonds. The molecule has 1 aliphatic rings. The van der Waals surface area contributed by atoms with E-state index in [0.717, 1.165) is 24.7 Å². The molecule has 5 heteroatoms. The summed E-state index contributed by atoms with van der Waals surface area (Å²) in [6.45, 7) is 2.12. The number of anilines is 2. The normalized spacial score (nSPS) is 14.4. The molecule has 2 aromatic rings. The maximum atomic E-state index is 12.2. The van der Waals surface area contributed by atoms with Gasteiger partial charge >= 0.3 is 0 Å². The maximum absolute atomic E-state index is 12.2. The zero-order valence-corrected chi connectivity index (χ0v) is 13.3. The Morgan fingerprint density at radius 2 is 1.83 bits per heavy atom. The molecule has 3 rings (SSSR count). The predicted molar refractivity (Wildman–Crippen MR) is 91.2 cm³/mol. The molecule has 1 fully saturated rings. The van der Waals surface area contributed by atoms with Crippen LogP contribution in [0.5, 0.6) is 5.75 Å². The Bertz CT molecular complexity index is 647. The van der Waals surface area contributed by atoms with Crippen LogP contribution in [0.3, 0.4) is 0 Å². The van der Waals surface area contributed by atoms with Crippen LogP contribution in [0, 0.1) is 0 Å². The fraction of sp³-hybridized carbons (Fsp3) is 0.333. The Labute approximate surface area is 136 Å². The molecule has 1 N–H and O–H groups in total. The Kier molecular flexibility index (Phi) is 4.76. The van der Waals surface area contributed by atoms with Gasteiger partial charge in [-0.15, -0.1) is 0 Å². The van der Waals surface area contributed by atoms with E-state index in [0.29, 0.717) is 11.3 Å². The van der Waals surface area contributed by atoms with E-state index in [1.165, 1.54) is 19.3 Å². The standard InChI is InChI=1S/C18H21N3O2/c1-23-16-8-5-14(6-9-16)18(22)20-15-7-10-17(19-13-15)21-11-3-2-4-12-21/h5-10,13H,2-4,11-12H2,1H3,(H,20,22). The van der Waals surface area contributed by atoms with Gasteiger partial charge in [-0.25, -0.2) is 4.98 Å². The number of pyridine rings is 1. The van der Waals surface area contributed by atoms with E-state index in [1.807, 2.05) is 12.1 Å². The van der Waals surface area contributed by atoms with Crippen LogP contribution in [-0.4, -0.2) is 31.1 Å². The zero-order valence-electron chi connectivity index (χ0n) is 13.3. The molecule has 5 nitrogen and oxygen atoms in total. The van der Waals surface area contributed by atoms with Gasteiger partial charge in [-0.05, 0) is 55.7 Å². The summed E-state index contributed by atoms with van der Waals surface area (Å²) in [6.07, 6.45) is 5.45. The number of hydrogen-bond acceptors (Lipinski definition) is 4. The number of amides is 1. The number of carbonyl (C=O) groups is 1. The van der Waals surface area contributed by atoms with Crippen molar-refractivity contribution in [3.63, 3.8) is 0 Å². The number of piperidine rings is 1. The van der Waals surface area contributed by atoms with Crippen molar-refractivity contribution >= 4 is 17.4 Å². The van der Waals surface area contributed by atoms with Crippen molar-refractivity contribution in [3.05, 3.63) is 48.2 Å². The van der Waals surface area contributed by atoms with E-state index in [2.05, 4.69) is 15.2 Å². The van der Waals surface area contributed by atoms with Gasteiger partial charge in [0, 0.05) is 18.7 Å². The molecule has 120 valence electrons. The lowest BCUT2D eigenvalue weighted by atomic mass is 10.1. The second-order valence-electron chi connectivity index (χ2n) is 5.64. The van der Waals surface area contributed by atoms with Crippen LogP contribution in [0.15, 0.2) is 42.6 Å². The maximum Gasteiger partial charge on any atom is 0.255 e. The molecular formula is C18H21N3O2. The lowest BCUT2D eigenvalue weighted by molar-refractivity contribution is 0.102. The highest BCUT2D eigenvalue weighted by Gasteiger charge is 2.12. The highest BCUT2D eigenvalue weighted by molar-refractivity contribution is 6.04. The smallest absolute Gasteiger partial charge is 0.255 e. The number of methoxy groups -OCH3 is 1. The van der Waals surface area contributed by atoms with E-state index >= 15 is 0 Å². The monoisotopic (exact) mass is 311 g/mol. The lowest BCUT2D eigenvalue weighted by Gasteiger charge is -2.27. The van der Waals surface area contributed by atoms with Crippen LogP contribution < -0.4 is 15.0 Å². The molecule has 0 atom stereocenters. The summed E-state index contributed by atoms with van der Waals surface area (Å²) in [4.78, 5) is 19.0. The van der Waals surface area contributed by atoms with Crippen LogP contribution in [0.4, 0.5) is 11.5 Å². The fourth-order valence-electron chi connectivity index (χ4n) is 2.72. The molecule has 1 saturated heterocycles. The van der Waals surface area contributed by atoms with Crippen molar-refractivity contribution in [3.8, 4) is 5.75 Å². The first-order valence-corrected chi connectivity index (χ1v) is 7.93. The van der Waals surface area contributed by atoms with Gasteiger partial charge in [0.25, 0.3) is 5.91 Å². The highest BCUT2D eigenvalue weighted by Crippen LogP contribution is 2.19. The molecule has 0 saturated carbocycles. The third-order valence-corrected chi connectivity index (χ3v) is 4.04. The summed E-state index contributed by atoms with van der Waals surface area (Å²) in [5.74, 6) is 1.56. The Balaban J connectivity index is 1.63. The van der Waals surface area contributed by atoms with Crippen molar-refractivity contribution in [2.45, 2.75) is 19.3 Å². The summed E-state index contributed by atoms with van der Waals surface area (Å²) in [6, 6.07) is 10.9. The van der Waals surface area contributed by atoms with E-state index in [9.17, 15) is 4.79 Å². The first-order valence-electron chi connectivity index (χ1n) is 7.93. The second-order valence-corrected chi connectivity index (χ2v) is 5.64. The SMILES string of the molecule is COc1ccc(C(=O)Nc2ccc(N3CCCCC3)nc2)cc1. The molecule has 0 radical (unpaired) electrons. The predicted octanol–water partition coefficient (Wildman–Crippen LogP) is 3.33. The highest BCUT2D eigenvalue weighted by atomic mass is 16.5. The Morgan fingerprint density at radius 3 is 2.43 bits per heavy atom. The number of aromatic nitrogens is 1. The first-order chi connectivity index (χ1) is 11.3. The number of nitrogens with zero attached hydrogens (tertiary/aromatic N) is 2. The van der Waals surface area contributed by atoms with Gasteiger partial charge in [-0.2, -0.15) is 0 Å². The summed E-state index contributed by atoms with van der Waals surface area (Å²) in [5.41, 5.74) is 1.29. The Hall–Kier alpha value is -2.56. The van der Waals surface area contributed by atoms with E-state index in [1.54, 1.807) is 37.6 Å². The quantitative estimate of drug-likeness (QED) is 0.941. The van der Waals surface area contributed by atoms with Crippen molar-refractivity contribution in [2.75, 3.05) is 30.4 Å². The molecular weight excluding hydrogens is 290 g/mol. The molecule has 0 unspecified atom stereocenters. The first kappa shape index (κ1) is 15.3. The van der Waals surface area contributed by atoms with Gasteiger partial charge in [0.15, 0.2) is 0 Å². The van der Waals surface area contributed by atoms with Gasteiger partial charge in [-0.1, -0.05) is 0 Å². The van der Waals surface area contributed by atoms with Gasteiger partial charge in [0.05, 0.1) is 19.0 Å². The number of hydrogen-bond donors (Lipinski definition) is 1. The minimum atomic E-state index is -0.153. The summed E-state index contributed by atoms with van der Waals surface area (Å²) in [5, 5.41) is 2.87. The fourth-order valence-corrected chi connectivity index (χ4v) is 2.72. The third-order valence-electron chi connectivity index (χ3n) is 4.04. The second kappa shape index (κ2) is 7.13. The van der Waals surface area contributed by atoms with Crippen molar-refractivity contribution in [1.82, 2.24) is 4.98 Å². The van der Waals surface area contributed by atoms with Crippen molar-refractivity contribution in [2.24, 2.45) is 0 Å². The summed E-state index contributed by atoms with van der Waals surface area (Å²) >= 11 is 0. The number of nitrogens with one attached hydrogen (secondary N) is 1. The number of rotatable bonds is 4. The van der Waals surface area contributed by atoms with Crippen molar-refractivity contribution in [1.29, 1.82) is 0 Å². The largest absolute Gasteiger partial charge is 0.497 e. The minimum absolute atomic E-state index is 0.153. The van der Waals surface area contributed by atoms with Crippen molar-refractivity contribution < 1.29 is 9.53 Å². The van der Waals surface area contributed by atoms with Gasteiger partial charge < -0.3 is 15.0 Å². The van der Waals surface area contributed by atoms with E-state index < -0.39 is 0 Å². The number of benzene rings is 1. The molecule has 0 spiro atoms. The Morgan fingerprint density at radius 1 is 1.09 bits per heavy atom. The summed E-state index contributed by atoms with van der Waals surface area (Å²) < 4.78 is 5.09. The van der Waals surface area contributed by atoms with Gasteiger partial charge in [0.2, 0.25) is 0 Å². The average molecular weight is 311 g/mol.